The third kappa shape index (κ3) is 3.99. The molecule has 0 aliphatic carbocycles. The van der Waals surface area contributed by atoms with Crippen LogP contribution in [0, 0.1) is 0 Å². The van der Waals surface area contributed by atoms with Crippen molar-refractivity contribution in [2.75, 3.05) is 0 Å². The number of aromatic nitrogens is 2. The van der Waals surface area contributed by atoms with Crippen LogP contribution in [0.15, 0.2) is 60.7 Å². The Kier molecular flexibility index (Phi) is 5.39. The van der Waals surface area contributed by atoms with Gasteiger partial charge >= 0.3 is 6.18 Å². The molecule has 3 nitrogen and oxygen atoms in total. The second-order valence-electron chi connectivity index (χ2n) is 8.63. The van der Waals surface area contributed by atoms with E-state index in [0.29, 0.717) is 11.1 Å². The second kappa shape index (κ2) is 8.25. The van der Waals surface area contributed by atoms with Gasteiger partial charge in [-0.2, -0.15) is 18.3 Å². The van der Waals surface area contributed by atoms with Crippen LogP contribution in [0.25, 0.3) is 22.0 Å². The Morgan fingerprint density at radius 2 is 1.88 bits per heavy atom. The molecule has 0 radical (unpaired) electrons. The lowest BCUT2D eigenvalue weighted by atomic mass is 9.93. The largest absolute Gasteiger partial charge is 0.485 e. The predicted octanol–water partition coefficient (Wildman–Crippen LogP) is 7.28. The van der Waals surface area contributed by atoms with E-state index < -0.39 is 11.9 Å². The Labute approximate surface area is 190 Å². The number of hydrogen-bond donors (Lipinski definition) is 0. The van der Waals surface area contributed by atoms with E-state index in [-0.39, 0.29) is 11.5 Å². The minimum absolute atomic E-state index is 0.128. The quantitative estimate of drug-likeness (QED) is 0.327. The number of fused-ring (bicyclic) bond motifs is 2. The average Bonchev–Trinajstić information content (AvgIpc) is 3.16. The topological polar surface area (TPSA) is 27.1 Å². The Bertz CT molecular complexity index is 1320. The van der Waals surface area contributed by atoms with Crippen molar-refractivity contribution in [1.29, 1.82) is 0 Å². The summed E-state index contributed by atoms with van der Waals surface area (Å²) in [5.41, 5.74) is 4.36. The number of benzene rings is 3. The lowest BCUT2D eigenvalue weighted by Crippen LogP contribution is -2.15. The molecule has 0 fully saturated rings. The molecule has 4 aromatic rings. The normalized spacial score (nSPS) is 16.0. The number of rotatable bonds is 4. The van der Waals surface area contributed by atoms with Crippen LogP contribution in [-0.4, -0.2) is 9.78 Å². The molecule has 0 N–H and O–H groups in total. The van der Waals surface area contributed by atoms with Crippen LogP contribution in [-0.2, 0) is 26.1 Å². The fourth-order valence-corrected chi connectivity index (χ4v) is 4.78. The first-order valence-electron chi connectivity index (χ1n) is 11.3. The van der Waals surface area contributed by atoms with Gasteiger partial charge in [-0.1, -0.05) is 55.8 Å². The van der Waals surface area contributed by atoms with E-state index in [9.17, 15) is 13.2 Å². The molecule has 1 aromatic heterocycles. The van der Waals surface area contributed by atoms with Crippen molar-refractivity contribution in [3.63, 3.8) is 0 Å². The minimum Gasteiger partial charge on any atom is -0.485 e. The molecule has 6 heteroatoms. The molecule has 5 rings (SSSR count). The zero-order valence-electron chi connectivity index (χ0n) is 18.6. The van der Waals surface area contributed by atoms with Crippen LogP contribution in [0.2, 0.25) is 0 Å². The number of aryl methyl sites for hydroxylation is 3. The summed E-state index contributed by atoms with van der Waals surface area (Å²) in [6.45, 7) is 2.17. The molecule has 0 saturated heterocycles. The van der Waals surface area contributed by atoms with Crippen molar-refractivity contribution >= 4 is 10.9 Å². The van der Waals surface area contributed by atoms with Gasteiger partial charge in [0.05, 0.1) is 5.52 Å². The van der Waals surface area contributed by atoms with E-state index >= 15 is 0 Å². The number of hydrogen-bond acceptors (Lipinski definition) is 2. The van der Waals surface area contributed by atoms with E-state index in [0.717, 1.165) is 42.6 Å². The molecule has 2 heterocycles. The van der Waals surface area contributed by atoms with Crippen molar-refractivity contribution in [3.8, 4) is 16.9 Å². The third-order valence-corrected chi connectivity index (χ3v) is 6.32. The Morgan fingerprint density at radius 1 is 1.06 bits per heavy atom. The molecule has 0 bridgehead atoms. The smallest absolute Gasteiger partial charge is 0.435 e. The SMILES string of the molecule is CCCc1ccc2c(c1)CCC(c1cccc(-c3cccc4c3c(C(F)(F)F)nn4C)c1)O2. The number of ether oxygens (including phenoxy) is 1. The van der Waals surface area contributed by atoms with Gasteiger partial charge in [-0.25, -0.2) is 0 Å². The van der Waals surface area contributed by atoms with E-state index in [2.05, 4.69) is 24.2 Å². The summed E-state index contributed by atoms with van der Waals surface area (Å²) in [6, 6.07) is 19.2. The number of nitrogens with zero attached hydrogens (tertiary/aromatic N) is 2. The van der Waals surface area contributed by atoms with Gasteiger partial charge in [0.1, 0.15) is 11.9 Å². The summed E-state index contributed by atoms with van der Waals surface area (Å²) in [7, 11) is 1.54. The first-order valence-corrected chi connectivity index (χ1v) is 11.3. The molecule has 1 atom stereocenters. The fraction of sp³-hybridized carbons (Fsp3) is 0.296. The summed E-state index contributed by atoms with van der Waals surface area (Å²) in [5, 5.41) is 3.90. The fourth-order valence-electron chi connectivity index (χ4n) is 4.78. The highest BCUT2D eigenvalue weighted by molar-refractivity contribution is 5.97. The zero-order valence-corrected chi connectivity index (χ0v) is 18.6. The number of halogens is 3. The van der Waals surface area contributed by atoms with Gasteiger partial charge in [0.15, 0.2) is 5.69 Å². The first-order chi connectivity index (χ1) is 15.8. The third-order valence-electron chi connectivity index (χ3n) is 6.32. The van der Waals surface area contributed by atoms with Crippen LogP contribution < -0.4 is 4.74 Å². The summed E-state index contributed by atoms with van der Waals surface area (Å²) < 4.78 is 48.8. The van der Waals surface area contributed by atoms with Crippen molar-refractivity contribution in [2.45, 2.75) is 44.9 Å². The Hall–Kier alpha value is -3.28. The van der Waals surface area contributed by atoms with Gasteiger partial charge in [0, 0.05) is 12.4 Å². The molecule has 0 saturated carbocycles. The van der Waals surface area contributed by atoms with Crippen LogP contribution >= 0.6 is 0 Å². The van der Waals surface area contributed by atoms with E-state index in [1.54, 1.807) is 18.2 Å². The van der Waals surface area contributed by atoms with Crippen molar-refractivity contribution in [2.24, 2.45) is 7.05 Å². The van der Waals surface area contributed by atoms with Gasteiger partial charge < -0.3 is 4.74 Å². The minimum atomic E-state index is -4.53. The van der Waals surface area contributed by atoms with Gasteiger partial charge in [-0.3, -0.25) is 4.68 Å². The number of alkyl halides is 3. The molecule has 33 heavy (non-hydrogen) atoms. The van der Waals surface area contributed by atoms with Gasteiger partial charge in [-0.05, 0) is 65.3 Å². The summed E-state index contributed by atoms with van der Waals surface area (Å²) in [6.07, 6.45) is -0.757. The molecule has 170 valence electrons. The Balaban J connectivity index is 1.52. The Morgan fingerprint density at radius 3 is 2.67 bits per heavy atom. The molecule has 1 aliphatic rings. The average molecular weight is 451 g/mol. The molecule has 0 amide bonds. The maximum Gasteiger partial charge on any atom is 0.435 e. The lowest BCUT2D eigenvalue weighted by molar-refractivity contribution is -0.140. The van der Waals surface area contributed by atoms with Gasteiger partial charge in [0.25, 0.3) is 0 Å². The molecular weight excluding hydrogens is 425 g/mol. The van der Waals surface area contributed by atoms with Gasteiger partial charge in [0.2, 0.25) is 0 Å². The molecule has 3 aromatic carbocycles. The summed E-state index contributed by atoms with van der Waals surface area (Å²) in [4.78, 5) is 0. The molecule has 1 unspecified atom stereocenters. The highest BCUT2D eigenvalue weighted by Gasteiger charge is 2.37. The maximum absolute atomic E-state index is 13.7. The van der Waals surface area contributed by atoms with E-state index in [1.165, 1.54) is 22.9 Å². The van der Waals surface area contributed by atoms with E-state index in [1.807, 2.05) is 30.3 Å². The molecule has 1 aliphatic heterocycles. The predicted molar refractivity (Wildman–Crippen MR) is 123 cm³/mol. The van der Waals surface area contributed by atoms with Crippen LogP contribution in [0.4, 0.5) is 13.2 Å². The van der Waals surface area contributed by atoms with Crippen LogP contribution in [0.1, 0.15) is 48.3 Å². The zero-order chi connectivity index (χ0) is 23.2. The highest BCUT2D eigenvalue weighted by Crippen LogP contribution is 2.41. The maximum atomic E-state index is 13.7. The lowest BCUT2D eigenvalue weighted by Gasteiger charge is -2.27. The summed E-state index contributed by atoms with van der Waals surface area (Å²) >= 11 is 0. The van der Waals surface area contributed by atoms with E-state index in [4.69, 9.17) is 4.74 Å². The van der Waals surface area contributed by atoms with Gasteiger partial charge in [-0.15, -0.1) is 0 Å². The van der Waals surface area contributed by atoms with Crippen molar-refractivity contribution in [1.82, 2.24) is 9.78 Å². The van der Waals surface area contributed by atoms with Crippen LogP contribution in [0.3, 0.4) is 0 Å². The summed E-state index contributed by atoms with van der Waals surface area (Å²) in [5.74, 6) is 0.894. The highest BCUT2D eigenvalue weighted by atomic mass is 19.4. The monoisotopic (exact) mass is 450 g/mol. The second-order valence-corrected chi connectivity index (χ2v) is 8.63. The standard InChI is InChI=1S/C27H25F3N2O/c1-3-6-17-11-13-23-20(15-17)12-14-24(33-23)19-8-4-7-18(16-19)21-9-5-10-22-25(21)26(27(28,29)30)31-32(22)2/h4-5,7-11,13,15-16,24H,3,6,12,14H2,1-2H3. The first kappa shape index (κ1) is 21.6. The molecule has 0 spiro atoms. The van der Waals surface area contributed by atoms with Crippen molar-refractivity contribution < 1.29 is 17.9 Å². The van der Waals surface area contributed by atoms with Crippen LogP contribution in [0.5, 0.6) is 5.75 Å². The van der Waals surface area contributed by atoms with Crippen molar-refractivity contribution in [3.05, 3.63) is 83.0 Å². The molecular formula is C27H25F3N2O.